The van der Waals surface area contributed by atoms with E-state index in [1.54, 1.807) is 26.0 Å². The first-order chi connectivity index (χ1) is 9.43. The maximum atomic E-state index is 11.5. The Hall–Kier alpha value is -2.70. The highest BCUT2D eigenvalue weighted by Crippen LogP contribution is 2.14. The first kappa shape index (κ1) is 13.7. The highest BCUT2D eigenvalue weighted by Gasteiger charge is 2.15. The highest BCUT2D eigenvalue weighted by molar-refractivity contribution is 5.90. The van der Waals surface area contributed by atoms with Crippen molar-refractivity contribution in [1.82, 2.24) is 14.8 Å². The number of aromatic carboxylic acids is 1. The van der Waals surface area contributed by atoms with Gasteiger partial charge in [0.1, 0.15) is 5.56 Å². The van der Waals surface area contributed by atoms with Crippen molar-refractivity contribution < 1.29 is 19.4 Å². The van der Waals surface area contributed by atoms with E-state index in [4.69, 9.17) is 5.11 Å². The van der Waals surface area contributed by atoms with E-state index < -0.39 is 11.9 Å². The Balaban J connectivity index is 2.44. The summed E-state index contributed by atoms with van der Waals surface area (Å²) < 4.78 is 6.01. The summed E-state index contributed by atoms with van der Waals surface area (Å²) in [5.74, 6) is -1.08. The SMILES string of the molecule is COC(=O)c1ccc(-n2cc(C(=O)O)c(C)n2)nc1C. The number of nitrogens with zero attached hydrogens (tertiary/aromatic N) is 3. The zero-order chi connectivity index (χ0) is 14.9. The molecule has 0 atom stereocenters. The number of hydrogen-bond donors (Lipinski definition) is 1. The van der Waals surface area contributed by atoms with Crippen LogP contribution in [0.4, 0.5) is 0 Å². The van der Waals surface area contributed by atoms with Crippen molar-refractivity contribution in [3.05, 3.63) is 40.8 Å². The lowest BCUT2D eigenvalue weighted by Gasteiger charge is -2.05. The fraction of sp³-hybridized carbons (Fsp3) is 0.231. The fourth-order valence-corrected chi connectivity index (χ4v) is 1.79. The molecule has 7 heteroatoms. The Bertz CT molecular complexity index is 691. The summed E-state index contributed by atoms with van der Waals surface area (Å²) in [5.41, 5.74) is 1.36. The van der Waals surface area contributed by atoms with Crippen molar-refractivity contribution in [2.75, 3.05) is 7.11 Å². The maximum absolute atomic E-state index is 11.5. The van der Waals surface area contributed by atoms with Crippen LogP contribution in [0.1, 0.15) is 32.1 Å². The van der Waals surface area contributed by atoms with Crippen LogP contribution in [-0.2, 0) is 4.74 Å². The molecule has 0 aliphatic rings. The summed E-state index contributed by atoms with van der Waals surface area (Å²) in [7, 11) is 1.30. The number of hydrogen-bond acceptors (Lipinski definition) is 5. The van der Waals surface area contributed by atoms with Crippen LogP contribution in [0.15, 0.2) is 18.3 Å². The number of aromatic nitrogens is 3. The van der Waals surface area contributed by atoms with Gasteiger partial charge in [-0.25, -0.2) is 19.3 Å². The van der Waals surface area contributed by atoms with Crippen molar-refractivity contribution in [1.29, 1.82) is 0 Å². The summed E-state index contributed by atoms with van der Waals surface area (Å²) in [5, 5.41) is 13.1. The minimum absolute atomic E-state index is 0.112. The van der Waals surface area contributed by atoms with E-state index in [1.807, 2.05) is 0 Å². The number of methoxy groups -OCH3 is 1. The van der Waals surface area contributed by atoms with Crippen molar-refractivity contribution in [3.63, 3.8) is 0 Å². The second kappa shape index (κ2) is 5.12. The van der Waals surface area contributed by atoms with Crippen LogP contribution in [0.25, 0.3) is 5.82 Å². The highest BCUT2D eigenvalue weighted by atomic mass is 16.5. The average Bonchev–Trinajstić information content (AvgIpc) is 2.80. The summed E-state index contributed by atoms with van der Waals surface area (Å²) in [4.78, 5) is 26.7. The van der Waals surface area contributed by atoms with Crippen molar-refractivity contribution in [3.8, 4) is 5.82 Å². The summed E-state index contributed by atoms with van der Waals surface area (Å²) in [6, 6.07) is 3.15. The predicted molar refractivity (Wildman–Crippen MR) is 69.1 cm³/mol. The first-order valence-electron chi connectivity index (χ1n) is 5.80. The molecule has 0 spiro atoms. The topological polar surface area (TPSA) is 94.3 Å². The molecule has 0 amide bonds. The molecule has 7 nitrogen and oxygen atoms in total. The Labute approximate surface area is 114 Å². The molecule has 0 saturated heterocycles. The van der Waals surface area contributed by atoms with Gasteiger partial charge in [-0.15, -0.1) is 0 Å². The van der Waals surface area contributed by atoms with E-state index in [-0.39, 0.29) is 5.56 Å². The lowest BCUT2D eigenvalue weighted by molar-refractivity contribution is 0.0598. The van der Waals surface area contributed by atoms with Crippen molar-refractivity contribution >= 4 is 11.9 Å². The predicted octanol–water partition coefficient (Wildman–Crippen LogP) is 1.37. The van der Waals surface area contributed by atoms with E-state index in [9.17, 15) is 9.59 Å². The second-order valence-electron chi connectivity index (χ2n) is 4.17. The Kier molecular flexibility index (Phi) is 3.51. The van der Waals surface area contributed by atoms with Gasteiger partial charge in [-0.1, -0.05) is 0 Å². The second-order valence-corrected chi connectivity index (χ2v) is 4.17. The van der Waals surface area contributed by atoms with Crippen molar-refractivity contribution in [2.24, 2.45) is 0 Å². The third-order valence-corrected chi connectivity index (χ3v) is 2.84. The number of carboxylic acid groups (broad SMARTS) is 1. The summed E-state index contributed by atoms with van der Waals surface area (Å²) in [6.07, 6.45) is 1.39. The molecule has 2 rings (SSSR count). The number of ether oxygens (including phenoxy) is 1. The molecule has 0 aliphatic carbocycles. The van der Waals surface area contributed by atoms with E-state index in [2.05, 4.69) is 14.8 Å². The number of pyridine rings is 1. The monoisotopic (exact) mass is 275 g/mol. The normalized spacial score (nSPS) is 10.3. The zero-order valence-corrected chi connectivity index (χ0v) is 11.2. The van der Waals surface area contributed by atoms with Gasteiger partial charge in [-0.05, 0) is 26.0 Å². The summed E-state index contributed by atoms with van der Waals surface area (Å²) >= 11 is 0. The van der Waals surface area contributed by atoms with Gasteiger partial charge in [0.15, 0.2) is 5.82 Å². The molecule has 0 radical (unpaired) electrons. The van der Waals surface area contributed by atoms with Crippen LogP contribution in [0.2, 0.25) is 0 Å². The smallest absolute Gasteiger partial charge is 0.339 e. The molecule has 20 heavy (non-hydrogen) atoms. The Morgan fingerprint density at radius 3 is 2.40 bits per heavy atom. The van der Waals surface area contributed by atoms with Gasteiger partial charge in [0.05, 0.1) is 24.1 Å². The Morgan fingerprint density at radius 1 is 1.20 bits per heavy atom. The molecule has 0 saturated carbocycles. The van der Waals surface area contributed by atoms with Gasteiger partial charge in [0.2, 0.25) is 0 Å². The third kappa shape index (κ3) is 2.37. The zero-order valence-electron chi connectivity index (χ0n) is 11.2. The fourth-order valence-electron chi connectivity index (χ4n) is 1.79. The summed E-state index contributed by atoms with van der Waals surface area (Å²) in [6.45, 7) is 3.28. The van der Waals surface area contributed by atoms with Crippen LogP contribution in [-0.4, -0.2) is 38.9 Å². The van der Waals surface area contributed by atoms with Gasteiger partial charge in [-0.3, -0.25) is 0 Å². The minimum Gasteiger partial charge on any atom is -0.478 e. The molecule has 0 bridgehead atoms. The number of aryl methyl sites for hydroxylation is 2. The van der Waals surface area contributed by atoms with E-state index >= 15 is 0 Å². The molecule has 0 aromatic carbocycles. The average molecular weight is 275 g/mol. The molecule has 2 heterocycles. The van der Waals surface area contributed by atoms with E-state index in [1.165, 1.54) is 18.0 Å². The van der Waals surface area contributed by atoms with Gasteiger partial charge in [-0.2, -0.15) is 5.10 Å². The van der Waals surface area contributed by atoms with Crippen LogP contribution >= 0.6 is 0 Å². The lowest BCUT2D eigenvalue weighted by atomic mass is 10.2. The van der Waals surface area contributed by atoms with Gasteiger partial charge in [0, 0.05) is 6.20 Å². The molecular weight excluding hydrogens is 262 g/mol. The number of carboxylic acids is 1. The van der Waals surface area contributed by atoms with Crippen LogP contribution < -0.4 is 0 Å². The number of esters is 1. The molecule has 1 N–H and O–H groups in total. The number of rotatable bonds is 3. The molecule has 0 aliphatic heterocycles. The largest absolute Gasteiger partial charge is 0.478 e. The molecule has 2 aromatic heterocycles. The van der Waals surface area contributed by atoms with Gasteiger partial charge in [0.25, 0.3) is 0 Å². The van der Waals surface area contributed by atoms with Crippen molar-refractivity contribution in [2.45, 2.75) is 13.8 Å². The standard InChI is InChI=1S/C13H13N3O4/c1-7-9(13(19)20-3)4-5-11(14-7)16-6-10(12(17)18)8(2)15-16/h4-6H,1-3H3,(H,17,18). The lowest BCUT2D eigenvalue weighted by Crippen LogP contribution is -2.08. The Morgan fingerprint density at radius 2 is 1.90 bits per heavy atom. The van der Waals surface area contributed by atoms with Crippen LogP contribution in [0.5, 0.6) is 0 Å². The van der Waals surface area contributed by atoms with E-state index in [0.29, 0.717) is 22.8 Å². The maximum Gasteiger partial charge on any atom is 0.339 e. The molecule has 2 aromatic rings. The molecule has 104 valence electrons. The number of carbonyl (C=O) groups excluding carboxylic acids is 1. The van der Waals surface area contributed by atoms with E-state index in [0.717, 1.165) is 0 Å². The first-order valence-corrected chi connectivity index (χ1v) is 5.80. The van der Waals surface area contributed by atoms with Crippen LogP contribution in [0.3, 0.4) is 0 Å². The quantitative estimate of drug-likeness (QED) is 0.850. The van der Waals surface area contributed by atoms with Crippen LogP contribution in [0, 0.1) is 13.8 Å². The minimum atomic E-state index is -1.04. The van der Waals surface area contributed by atoms with Gasteiger partial charge >= 0.3 is 11.9 Å². The van der Waals surface area contributed by atoms with Gasteiger partial charge < -0.3 is 9.84 Å². The molecule has 0 fully saturated rings. The molecule has 0 unspecified atom stereocenters. The number of carbonyl (C=O) groups is 2. The third-order valence-electron chi connectivity index (χ3n) is 2.84. The molecular formula is C13H13N3O4.